The van der Waals surface area contributed by atoms with Gasteiger partial charge in [-0.05, 0) is 48.0 Å². The first-order chi connectivity index (χ1) is 9.60. The first-order valence-corrected chi connectivity index (χ1v) is 6.23. The third-order valence-electron chi connectivity index (χ3n) is 2.71. The van der Waals surface area contributed by atoms with Crippen LogP contribution in [0.15, 0.2) is 40.8 Å². The zero-order valence-corrected chi connectivity index (χ0v) is 11.5. The average molecular weight is 297 g/mol. The number of benzene rings is 1. The maximum Gasteiger partial charge on any atom is 0.317 e. The Labute approximate surface area is 120 Å². The van der Waals surface area contributed by atoms with Gasteiger partial charge in [0.1, 0.15) is 29.8 Å². The zero-order chi connectivity index (χ0) is 14.5. The molecule has 2 rings (SSSR count). The normalized spacial score (nSPS) is 11.9. The van der Waals surface area contributed by atoms with Crippen LogP contribution in [0.5, 0.6) is 11.5 Å². The van der Waals surface area contributed by atoms with Crippen LogP contribution in [0.2, 0.25) is 5.22 Å². The number of methoxy groups -OCH3 is 1. The Morgan fingerprint density at radius 2 is 1.90 bits per heavy atom. The second kappa shape index (κ2) is 6.34. The number of ether oxygens (including phenoxy) is 2. The molecular formula is C14H13ClO5. The van der Waals surface area contributed by atoms with Gasteiger partial charge >= 0.3 is 5.97 Å². The summed E-state index contributed by atoms with van der Waals surface area (Å²) in [5, 5.41) is 9.34. The number of rotatable bonds is 6. The van der Waals surface area contributed by atoms with Gasteiger partial charge in [-0.1, -0.05) is 0 Å². The van der Waals surface area contributed by atoms with Gasteiger partial charge in [0.2, 0.25) is 0 Å². The Kier molecular flexibility index (Phi) is 4.53. The number of carboxylic acid groups (broad SMARTS) is 1. The summed E-state index contributed by atoms with van der Waals surface area (Å²) in [7, 11) is 1.57. The number of hydrogen-bond donors (Lipinski definition) is 1. The third kappa shape index (κ3) is 3.45. The van der Waals surface area contributed by atoms with Gasteiger partial charge < -0.3 is 19.0 Å². The van der Waals surface area contributed by atoms with E-state index < -0.39 is 11.9 Å². The first kappa shape index (κ1) is 14.3. The monoisotopic (exact) mass is 296 g/mol. The molecular weight excluding hydrogens is 284 g/mol. The van der Waals surface area contributed by atoms with Crippen molar-refractivity contribution in [3.8, 4) is 11.5 Å². The fourth-order valence-electron chi connectivity index (χ4n) is 1.64. The molecule has 106 valence electrons. The Balaban J connectivity index is 2.03. The highest BCUT2D eigenvalue weighted by molar-refractivity contribution is 6.28. The lowest BCUT2D eigenvalue weighted by Crippen LogP contribution is -2.18. The van der Waals surface area contributed by atoms with Crippen molar-refractivity contribution in [3.63, 3.8) is 0 Å². The molecule has 6 heteroatoms. The van der Waals surface area contributed by atoms with E-state index in [1.54, 1.807) is 31.4 Å². The predicted molar refractivity (Wildman–Crippen MR) is 72.6 cm³/mol. The van der Waals surface area contributed by atoms with Gasteiger partial charge in [0.05, 0.1) is 7.11 Å². The standard InChI is InChI=1S/C14H13ClO5/c1-18-9-2-4-10(5-3-9)19-8-11(14(16)17)12-6-7-13(15)20-12/h2-7,11H,8H2,1H3,(H,16,17). The number of furan rings is 1. The van der Waals surface area contributed by atoms with Crippen LogP contribution in [0.3, 0.4) is 0 Å². The molecule has 20 heavy (non-hydrogen) atoms. The van der Waals surface area contributed by atoms with Crippen LogP contribution in [0, 0.1) is 0 Å². The molecule has 0 saturated heterocycles. The van der Waals surface area contributed by atoms with Crippen molar-refractivity contribution >= 4 is 17.6 Å². The van der Waals surface area contributed by atoms with Gasteiger partial charge in [-0.15, -0.1) is 0 Å². The van der Waals surface area contributed by atoms with Gasteiger partial charge in [0.15, 0.2) is 5.22 Å². The van der Waals surface area contributed by atoms with E-state index in [0.29, 0.717) is 11.5 Å². The Morgan fingerprint density at radius 1 is 1.25 bits per heavy atom. The van der Waals surface area contributed by atoms with Crippen LogP contribution in [-0.2, 0) is 4.79 Å². The van der Waals surface area contributed by atoms with E-state index in [1.807, 2.05) is 0 Å². The Hall–Kier alpha value is -2.14. The largest absolute Gasteiger partial charge is 0.497 e. The summed E-state index contributed by atoms with van der Waals surface area (Å²) in [6, 6.07) is 9.89. The fourth-order valence-corrected chi connectivity index (χ4v) is 1.79. The summed E-state index contributed by atoms with van der Waals surface area (Å²) >= 11 is 5.65. The molecule has 0 aliphatic rings. The molecule has 0 aliphatic carbocycles. The number of carboxylic acids is 1. The molecule has 1 N–H and O–H groups in total. The summed E-state index contributed by atoms with van der Waals surface area (Å²) in [5.41, 5.74) is 0. The van der Waals surface area contributed by atoms with E-state index in [2.05, 4.69) is 0 Å². The quantitative estimate of drug-likeness (QED) is 0.886. The lowest BCUT2D eigenvalue weighted by molar-refractivity contribution is -0.140. The third-order valence-corrected chi connectivity index (χ3v) is 2.91. The predicted octanol–water partition coefficient (Wildman–Crippen LogP) is 3.19. The smallest absolute Gasteiger partial charge is 0.317 e. The van der Waals surface area contributed by atoms with E-state index in [4.69, 9.17) is 25.5 Å². The van der Waals surface area contributed by atoms with Crippen molar-refractivity contribution in [1.29, 1.82) is 0 Å². The average Bonchev–Trinajstić information content (AvgIpc) is 2.86. The number of halogens is 1. The van der Waals surface area contributed by atoms with Gasteiger partial charge in [-0.25, -0.2) is 0 Å². The molecule has 0 radical (unpaired) electrons. The zero-order valence-electron chi connectivity index (χ0n) is 10.7. The molecule has 0 bridgehead atoms. The molecule has 1 unspecified atom stereocenters. The number of carbonyl (C=O) groups is 1. The summed E-state index contributed by atoms with van der Waals surface area (Å²) in [6.07, 6.45) is 0. The fraction of sp³-hybridized carbons (Fsp3) is 0.214. The van der Waals surface area contributed by atoms with Crippen molar-refractivity contribution in [2.24, 2.45) is 0 Å². The number of aliphatic carboxylic acids is 1. The summed E-state index contributed by atoms with van der Waals surface area (Å²) in [5.74, 6) is -0.440. The molecule has 1 aromatic heterocycles. The van der Waals surface area contributed by atoms with Crippen LogP contribution >= 0.6 is 11.6 Å². The molecule has 0 fully saturated rings. The first-order valence-electron chi connectivity index (χ1n) is 5.85. The highest BCUT2D eigenvalue weighted by atomic mass is 35.5. The molecule has 1 heterocycles. The van der Waals surface area contributed by atoms with Crippen molar-refractivity contribution < 1.29 is 23.8 Å². The van der Waals surface area contributed by atoms with E-state index in [-0.39, 0.29) is 17.6 Å². The van der Waals surface area contributed by atoms with E-state index in [0.717, 1.165) is 0 Å². The lowest BCUT2D eigenvalue weighted by atomic mass is 10.1. The summed E-state index contributed by atoms with van der Waals surface area (Å²) in [4.78, 5) is 11.2. The van der Waals surface area contributed by atoms with Crippen LogP contribution in [0.1, 0.15) is 11.7 Å². The maximum absolute atomic E-state index is 11.2. The van der Waals surface area contributed by atoms with Crippen molar-refractivity contribution in [1.82, 2.24) is 0 Å². The van der Waals surface area contributed by atoms with Crippen molar-refractivity contribution in [2.45, 2.75) is 5.92 Å². The van der Waals surface area contributed by atoms with Crippen LogP contribution in [-0.4, -0.2) is 24.8 Å². The molecule has 0 aliphatic heterocycles. The lowest BCUT2D eigenvalue weighted by Gasteiger charge is -2.12. The van der Waals surface area contributed by atoms with Gasteiger partial charge in [-0.3, -0.25) is 4.79 Å². The topological polar surface area (TPSA) is 68.9 Å². The van der Waals surface area contributed by atoms with Crippen molar-refractivity contribution in [3.05, 3.63) is 47.4 Å². The number of hydrogen-bond acceptors (Lipinski definition) is 4. The summed E-state index contributed by atoms with van der Waals surface area (Å²) in [6.45, 7) is -0.0501. The SMILES string of the molecule is COc1ccc(OCC(C(=O)O)c2ccc(Cl)o2)cc1. The van der Waals surface area contributed by atoms with Gasteiger partial charge in [0.25, 0.3) is 0 Å². The molecule has 1 aromatic carbocycles. The van der Waals surface area contributed by atoms with Crippen molar-refractivity contribution in [2.75, 3.05) is 13.7 Å². The van der Waals surface area contributed by atoms with Crippen LogP contribution < -0.4 is 9.47 Å². The van der Waals surface area contributed by atoms with Gasteiger partial charge in [0, 0.05) is 0 Å². The van der Waals surface area contributed by atoms with Gasteiger partial charge in [-0.2, -0.15) is 0 Å². The minimum absolute atomic E-state index is 0.0501. The summed E-state index contributed by atoms with van der Waals surface area (Å²) < 4.78 is 15.6. The molecule has 1 atom stereocenters. The molecule has 0 spiro atoms. The second-order valence-electron chi connectivity index (χ2n) is 4.02. The highest BCUT2D eigenvalue weighted by Crippen LogP contribution is 2.24. The van der Waals surface area contributed by atoms with E-state index >= 15 is 0 Å². The minimum Gasteiger partial charge on any atom is -0.497 e. The van der Waals surface area contributed by atoms with Crippen LogP contribution in [0.4, 0.5) is 0 Å². The molecule has 0 amide bonds. The maximum atomic E-state index is 11.2. The molecule has 2 aromatic rings. The van der Waals surface area contributed by atoms with E-state index in [9.17, 15) is 9.90 Å². The Bertz CT molecular complexity index is 576. The van der Waals surface area contributed by atoms with Crippen LogP contribution in [0.25, 0.3) is 0 Å². The second-order valence-corrected chi connectivity index (χ2v) is 4.39. The minimum atomic E-state index is -1.04. The highest BCUT2D eigenvalue weighted by Gasteiger charge is 2.24. The van der Waals surface area contributed by atoms with E-state index in [1.165, 1.54) is 12.1 Å². The Morgan fingerprint density at radius 3 is 2.40 bits per heavy atom. The molecule has 5 nitrogen and oxygen atoms in total. The molecule has 0 saturated carbocycles.